The maximum absolute atomic E-state index is 13.4. The van der Waals surface area contributed by atoms with Crippen LogP contribution in [0.1, 0.15) is 62.9 Å². The van der Waals surface area contributed by atoms with Gasteiger partial charge in [-0.3, -0.25) is 29.3 Å². The molecule has 40 heavy (non-hydrogen) atoms. The predicted octanol–water partition coefficient (Wildman–Crippen LogP) is 4.12. The molecule has 0 spiro atoms. The number of hydrogen-bond acceptors (Lipinski definition) is 7. The highest BCUT2D eigenvalue weighted by Crippen LogP contribution is 2.43. The van der Waals surface area contributed by atoms with Gasteiger partial charge in [0, 0.05) is 47.7 Å². The lowest BCUT2D eigenvalue weighted by Crippen LogP contribution is -2.53. The molecule has 1 aromatic heterocycles. The molecule has 1 unspecified atom stereocenters. The molecule has 6 rings (SSSR count). The summed E-state index contributed by atoms with van der Waals surface area (Å²) in [6.07, 6.45) is 5.49. The molecule has 2 N–H and O–H groups in total. The van der Waals surface area contributed by atoms with Crippen LogP contribution in [0, 0.1) is 0 Å². The number of hydrogen-bond donors (Lipinski definition) is 2. The van der Waals surface area contributed by atoms with Gasteiger partial charge in [0.05, 0.1) is 23.6 Å². The molecule has 4 amide bonds. The lowest BCUT2D eigenvalue weighted by molar-refractivity contribution is -0.134. The zero-order chi connectivity index (χ0) is 28.2. The summed E-state index contributed by atoms with van der Waals surface area (Å²) < 4.78 is 7.43. The molecular weight excluding hydrogens is 512 g/mol. The molecular formula is C29H32N6O5. The van der Waals surface area contributed by atoms with Crippen LogP contribution >= 0.6 is 0 Å². The number of nitrogens with zero attached hydrogens (tertiary/aromatic N) is 4. The lowest BCUT2D eigenvalue weighted by atomic mass is 10.0. The van der Waals surface area contributed by atoms with E-state index in [0.29, 0.717) is 30.8 Å². The molecule has 11 nitrogen and oxygen atoms in total. The number of anilines is 3. The van der Waals surface area contributed by atoms with E-state index in [0.717, 1.165) is 35.0 Å². The number of rotatable bonds is 4. The number of likely N-dealkylation sites (tertiary alicyclic amines) is 1. The quantitative estimate of drug-likeness (QED) is 0.473. The van der Waals surface area contributed by atoms with E-state index in [2.05, 4.69) is 15.7 Å². The van der Waals surface area contributed by atoms with Crippen molar-refractivity contribution in [2.75, 3.05) is 23.3 Å². The van der Waals surface area contributed by atoms with Crippen LogP contribution in [0.25, 0.3) is 10.8 Å². The first-order valence-electron chi connectivity index (χ1n) is 13.6. The van der Waals surface area contributed by atoms with E-state index in [1.807, 2.05) is 55.9 Å². The monoisotopic (exact) mass is 544 g/mol. The van der Waals surface area contributed by atoms with Crippen molar-refractivity contribution in [2.45, 2.75) is 64.1 Å². The van der Waals surface area contributed by atoms with E-state index in [4.69, 9.17) is 4.74 Å². The molecule has 0 saturated carbocycles. The van der Waals surface area contributed by atoms with Crippen LogP contribution < -0.4 is 15.5 Å². The molecule has 3 aliphatic heterocycles. The van der Waals surface area contributed by atoms with Crippen molar-refractivity contribution < 1.29 is 23.9 Å². The van der Waals surface area contributed by atoms with Crippen LogP contribution in [0.4, 0.5) is 21.9 Å². The number of piperidine rings is 2. The normalized spacial score (nSPS) is 19.8. The number of amides is 4. The van der Waals surface area contributed by atoms with E-state index < -0.39 is 17.6 Å². The second kappa shape index (κ2) is 9.65. The molecule has 3 aromatic rings. The predicted molar refractivity (Wildman–Crippen MR) is 149 cm³/mol. The molecule has 208 valence electrons. The second-order valence-corrected chi connectivity index (χ2v) is 11.5. The van der Waals surface area contributed by atoms with Gasteiger partial charge in [-0.25, -0.2) is 4.79 Å². The molecule has 2 saturated heterocycles. The van der Waals surface area contributed by atoms with Crippen molar-refractivity contribution in [1.29, 1.82) is 0 Å². The summed E-state index contributed by atoms with van der Waals surface area (Å²) in [6, 6.07) is 8.74. The summed E-state index contributed by atoms with van der Waals surface area (Å²) in [5.41, 5.74) is 2.31. The SMILES string of the molecule is CC(C)(C)OC(=O)N1CCC(n2cc(Nc3ccc4c5c(cccc35)C(=O)N4C3CCC(=O)NC3=O)cn2)CC1. The van der Waals surface area contributed by atoms with Gasteiger partial charge in [0.1, 0.15) is 11.6 Å². The van der Waals surface area contributed by atoms with Crippen LogP contribution in [0.5, 0.6) is 0 Å². The van der Waals surface area contributed by atoms with Crippen molar-refractivity contribution >= 4 is 51.6 Å². The summed E-state index contributed by atoms with van der Waals surface area (Å²) in [6.45, 7) is 6.81. The zero-order valence-electron chi connectivity index (χ0n) is 22.8. The second-order valence-electron chi connectivity index (χ2n) is 11.5. The maximum atomic E-state index is 13.4. The van der Waals surface area contributed by atoms with E-state index >= 15 is 0 Å². The van der Waals surface area contributed by atoms with Crippen LogP contribution in [-0.2, 0) is 14.3 Å². The number of aromatic nitrogens is 2. The Morgan fingerprint density at radius 3 is 2.58 bits per heavy atom. The van der Waals surface area contributed by atoms with Crippen LogP contribution in [0.15, 0.2) is 42.7 Å². The Morgan fingerprint density at radius 2 is 1.85 bits per heavy atom. The summed E-state index contributed by atoms with van der Waals surface area (Å²) in [7, 11) is 0. The van der Waals surface area contributed by atoms with Crippen molar-refractivity contribution in [1.82, 2.24) is 20.0 Å². The Balaban J connectivity index is 1.19. The summed E-state index contributed by atoms with van der Waals surface area (Å²) in [5, 5.41) is 12.0. The molecule has 0 radical (unpaired) electrons. The van der Waals surface area contributed by atoms with Crippen molar-refractivity contribution in [3.63, 3.8) is 0 Å². The van der Waals surface area contributed by atoms with E-state index in [1.54, 1.807) is 17.2 Å². The first kappa shape index (κ1) is 25.8. The molecule has 3 aliphatic rings. The molecule has 2 fully saturated rings. The average molecular weight is 545 g/mol. The van der Waals surface area contributed by atoms with Crippen LogP contribution in [0.3, 0.4) is 0 Å². The van der Waals surface area contributed by atoms with E-state index in [1.165, 1.54) is 4.90 Å². The highest BCUT2D eigenvalue weighted by atomic mass is 16.6. The van der Waals surface area contributed by atoms with Gasteiger partial charge < -0.3 is 15.0 Å². The van der Waals surface area contributed by atoms with Gasteiger partial charge in [-0.05, 0) is 58.2 Å². The number of ether oxygens (including phenoxy) is 1. The first-order valence-corrected chi connectivity index (χ1v) is 13.6. The average Bonchev–Trinajstić information content (AvgIpc) is 3.49. The van der Waals surface area contributed by atoms with Gasteiger partial charge in [0.15, 0.2) is 0 Å². The lowest BCUT2D eigenvalue weighted by Gasteiger charge is -2.33. The maximum Gasteiger partial charge on any atom is 0.410 e. The smallest absolute Gasteiger partial charge is 0.410 e. The fourth-order valence-electron chi connectivity index (χ4n) is 5.75. The Labute approximate surface area is 231 Å². The Morgan fingerprint density at radius 1 is 1.07 bits per heavy atom. The minimum atomic E-state index is -0.723. The third kappa shape index (κ3) is 4.65. The molecule has 0 bridgehead atoms. The minimum Gasteiger partial charge on any atom is -0.444 e. The van der Waals surface area contributed by atoms with Crippen molar-refractivity contribution in [3.8, 4) is 0 Å². The molecule has 2 aromatic carbocycles. The van der Waals surface area contributed by atoms with Crippen molar-refractivity contribution in [3.05, 3.63) is 48.3 Å². The number of nitrogens with one attached hydrogen (secondary N) is 2. The highest BCUT2D eigenvalue weighted by Gasteiger charge is 2.41. The van der Waals surface area contributed by atoms with Gasteiger partial charge in [0.2, 0.25) is 11.8 Å². The largest absolute Gasteiger partial charge is 0.444 e. The van der Waals surface area contributed by atoms with Crippen LogP contribution in [-0.4, -0.2) is 63.2 Å². The van der Waals surface area contributed by atoms with E-state index in [-0.39, 0.29) is 30.4 Å². The summed E-state index contributed by atoms with van der Waals surface area (Å²) >= 11 is 0. The van der Waals surface area contributed by atoms with Gasteiger partial charge in [-0.15, -0.1) is 0 Å². The molecule has 4 heterocycles. The van der Waals surface area contributed by atoms with E-state index in [9.17, 15) is 19.2 Å². The highest BCUT2D eigenvalue weighted by molar-refractivity contribution is 6.28. The number of benzene rings is 2. The Hall–Kier alpha value is -4.41. The Kier molecular flexibility index (Phi) is 6.24. The first-order chi connectivity index (χ1) is 19.1. The zero-order valence-corrected chi connectivity index (χ0v) is 22.8. The Bertz CT molecular complexity index is 1530. The fraction of sp³-hybridized carbons (Fsp3) is 0.414. The standard InChI is InChI=1S/C29H32N6O5/c1-29(2,3)40-28(39)33-13-11-18(12-14-33)34-16-17(15-30-34)31-21-7-8-22-25-19(21)5-4-6-20(25)27(38)35(22)23-9-10-24(36)32-26(23)37/h4-8,15-16,18,23,31H,9-14H2,1-3H3,(H,32,36,37). The number of carbonyl (C=O) groups excluding carboxylic acids is 4. The third-order valence-electron chi connectivity index (χ3n) is 7.62. The third-order valence-corrected chi connectivity index (χ3v) is 7.62. The number of carbonyl (C=O) groups is 4. The number of imide groups is 1. The summed E-state index contributed by atoms with van der Waals surface area (Å²) in [4.78, 5) is 53.3. The topological polar surface area (TPSA) is 126 Å². The fourth-order valence-corrected chi connectivity index (χ4v) is 5.75. The van der Waals surface area contributed by atoms with Gasteiger partial charge in [-0.2, -0.15) is 5.10 Å². The summed E-state index contributed by atoms with van der Waals surface area (Å²) in [5.74, 6) is -1.00. The van der Waals surface area contributed by atoms with Gasteiger partial charge in [0.25, 0.3) is 5.91 Å². The minimum absolute atomic E-state index is 0.168. The van der Waals surface area contributed by atoms with Crippen LogP contribution in [0.2, 0.25) is 0 Å². The molecule has 0 aliphatic carbocycles. The van der Waals surface area contributed by atoms with Gasteiger partial charge >= 0.3 is 6.09 Å². The van der Waals surface area contributed by atoms with Gasteiger partial charge in [-0.1, -0.05) is 12.1 Å². The van der Waals surface area contributed by atoms with Crippen molar-refractivity contribution in [2.24, 2.45) is 0 Å². The molecule has 1 atom stereocenters. The molecule has 11 heteroatoms.